The molecule has 0 unspecified atom stereocenters. The molecule has 132 valence electrons. The molecule has 8 heteroatoms. The van der Waals surface area contributed by atoms with Gasteiger partial charge in [0.05, 0.1) is 24.8 Å². The van der Waals surface area contributed by atoms with E-state index < -0.39 is 10.0 Å². The van der Waals surface area contributed by atoms with Crippen molar-refractivity contribution >= 4 is 27.3 Å². The topological polar surface area (TPSA) is 93.7 Å². The van der Waals surface area contributed by atoms with Gasteiger partial charge in [0, 0.05) is 18.2 Å². The lowest BCUT2D eigenvalue weighted by molar-refractivity contribution is -0.116. The number of aryl methyl sites for hydroxylation is 1. The molecule has 7 nitrogen and oxygen atoms in total. The second-order valence-electron chi connectivity index (χ2n) is 5.54. The van der Waals surface area contributed by atoms with E-state index in [9.17, 15) is 13.2 Å². The zero-order chi connectivity index (χ0) is 18.0. The Morgan fingerprint density at radius 1 is 1.00 bits per heavy atom. The van der Waals surface area contributed by atoms with E-state index in [1.54, 1.807) is 30.3 Å². The third-order valence-electron chi connectivity index (χ3n) is 3.92. The maximum atomic E-state index is 12.6. The summed E-state index contributed by atoms with van der Waals surface area (Å²) >= 11 is 0. The number of carbonyl (C=O) groups excluding carboxylic acids is 1. The highest BCUT2D eigenvalue weighted by Crippen LogP contribution is 2.31. The average molecular weight is 362 g/mol. The van der Waals surface area contributed by atoms with Gasteiger partial charge in [0.2, 0.25) is 5.91 Å². The molecule has 2 N–H and O–H groups in total. The van der Waals surface area contributed by atoms with Gasteiger partial charge in [0.1, 0.15) is 0 Å². The Hall–Kier alpha value is -2.74. The molecule has 1 aliphatic rings. The number of fused-ring (bicyclic) bond motifs is 1. The van der Waals surface area contributed by atoms with Crippen LogP contribution in [0.3, 0.4) is 0 Å². The summed E-state index contributed by atoms with van der Waals surface area (Å²) in [6.07, 6.45) is 0.862. The molecule has 0 aliphatic carbocycles. The predicted octanol–water partition coefficient (Wildman–Crippen LogP) is 2.39. The maximum Gasteiger partial charge on any atom is 0.261 e. The fourth-order valence-corrected chi connectivity index (χ4v) is 3.74. The van der Waals surface area contributed by atoms with Crippen molar-refractivity contribution in [2.75, 3.05) is 24.3 Å². The van der Waals surface area contributed by atoms with Crippen LogP contribution in [0.5, 0.6) is 11.5 Å². The normalized spacial score (nSPS) is 13.6. The number of hydrogen-bond acceptors (Lipinski definition) is 5. The predicted molar refractivity (Wildman–Crippen MR) is 93.7 cm³/mol. The van der Waals surface area contributed by atoms with Crippen LogP contribution in [0.4, 0.5) is 11.4 Å². The van der Waals surface area contributed by atoms with Gasteiger partial charge in [-0.15, -0.1) is 0 Å². The lowest BCUT2D eigenvalue weighted by Crippen LogP contribution is -2.20. The van der Waals surface area contributed by atoms with E-state index in [4.69, 9.17) is 9.47 Å². The highest BCUT2D eigenvalue weighted by Gasteiger charge is 2.20. The first-order valence-electron chi connectivity index (χ1n) is 7.60. The molecule has 25 heavy (non-hydrogen) atoms. The molecule has 1 aliphatic heterocycles. The van der Waals surface area contributed by atoms with Gasteiger partial charge in [-0.25, -0.2) is 8.42 Å². The minimum absolute atomic E-state index is 0.0634. The Labute approximate surface area is 146 Å². The van der Waals surface area contributed by atoms with Gasteiger partial charge in [-0.2, -0.15) is 0 Å². The van der Waals surface area contributed by atoms with Crippen LogP contribution >= 0.6 is 0 Å². The quantitative estimate of drug-likeness (QED) is 0.852. The molecule has 1 heterocycles. The molecular weight excluding hydrogens is 344 g/mol. The summed E-state index contributed by atoms with van der Waals surface area (Å²) in [5, 5.41) is 2.73. The molecule has 0 fully saturated rings. The number of methoxy groups -OCH3 is 2. The van der Waals surface area contributed by atoms with E-state index in [0.29, 0.717) is 35.7 Å². The summed E-state index contributed by atoms with van der Waals surface area (Å²) in [5.74, 6) is 0.873. The first-order chi connectivity index (χ1) is 11.9. The maximum absolute atomic E-state index is 12.6. The minimum Gasteiger partial charge on any atom is -0.493 e. The molecule has 0 spiro atoms. The van der Waals surface area contributed by atoms with E-state index in [1.807, 2.05) is 0 Å². The Morgan fingerprint density at radius 3 is 2.48 bits per heavy atom. The van der Waals surface area contributed by atoms with Crippen LogP contribution in [0.1, 0.15) is 12.0 Å². The summed E-state index contributed by atoms with van der Waals surface area (Å²) in [5.41, 5.74) is 1.82. The Morgan fingerprint density at radius 2 is 1.76 bits per heavy atom. The summed E-state index contributed by atoms with van der Waals surface area (Å²) < 4.78 is 38.1. The van der Waals surface area contributed by atoms with Gasteiger partial charge in [0.25, 0.3) is 10.0 Å². The van der Waals surface area contributed by atoms with Gasteiger partial charge in [-0.1, -0.05) is 0 Å². The zero-order valence-electron chi connectivity index (χ0n) is 13.8. The molecule has 0 saturated heterocycles. The van der Waals surface area contributed by atoms with Crippen molar-refractivity contribution in [2.24, 2.45) is 0 Å². The molecule has 1 amide bonds. The summed E-state index contributed by atoms with van der Waals surface area (Å²) in [4.78, 5) is 11.5. The highest BCUT2D eigenvalue weighted by atomic mass is 32.2. The first kappa shape index (κ1) is 17.1. The fourth-order valence-electron chi connectivity index (χ4n) is 2.64. The molecule has 0 radical (unpaired) electrons. The monoisotopic (exact) mass is 362 g/mol. The number of benzene rings is 2. The number of hydrogen-bond donors (Lipinski definition) is 2. The van der Waals surface area contributed by atoms with Crippen LogP contribution in [0, 0.1) is 0 Å². The molecule has 3 rings (SSSR count). The SMILES string of the molecule is COc1ccc(NS(=O)(=O)c2ccc3c(c2)CCC(=O)N3)cc1OC. The summed E-state index contributed by atoms with van der Waals surface area (Å²) in [6.45, 7) is 0. The van der Waals surface area contributed by atoms with Gasteiger partial charge in [-0.3, -0.25) is 9.52 Å². The first-order valence-corrected chi connectivity index (χ1v) is 9.09. The molecular formula is C17H18N2O5S. The third kappa shape index (κ3) is 3.53. The van der Waals surface area contributed by atoms with Crippen molar-refractivity contribution in [3.8, 4) is 11.5 Å². The standard InChI is InChI=1S/C17H18N2O5S/c1-23-15-7-4-12(10-16(15)24-2)19-25(21,22)13-5-6-14-11(9-13)3-8-17(20)18-14/h4-7,9-10,19H,3,8H2,1-2H3,(H,18,20). The third-order valence-corrected chi connectivity index (χ3v) is 5.30. The largest absolute Gasteiger partial charge is 0.493 e. The van der Waals surface area contributed by atoms with E-state index in [1.165, 1.54) is 20.3 Å². The van der Waals surface area contributed by atoms with E-state index >= 15 is 0 Å². The number of sulfonamides is 1. The summed E-state index contributed by atoms with van der Waals surface area (Å²) in [7, 11) is -0.776. The van der Waals surface area contributed by atoms with Crippen LogP contribution in [0.15, 0.2) is 41.3 Å². The van der Waals surface area contributed by atoms with E-state index in [-0.39, 0.29) is 10.8 Å². The van der Waals surface area contributed by atoms with Crippen molar-refractivity contribution in [1.82, 2.24) is 0 Å². The zero-order valence-corrected chi connectivity index (χ0v) is 14.6. The second-order valence-corrected chi connectivity index (χ2v) is 7.22. The van der Waals surface area contributed by atoms with Crippen molar-refractivity contribution in [3.05, 3.63) is 42.0 Å². The second kappa shape index (κ2) is 6.64. The number of anilines is 2. The van der Waals surface area contributed by atoms with E-state index in [2.05, 4.69) is 10.0 Å². The van der Waals surface area contributed by atoms with E-state index in [0.717, 1.165) is 5.56 Å². The van der Waals surface area contributed by atoms with Crippen LogP contribution in [-0.2, 0) is 21.2 Å². The van der Waals surface area contributed by atoms with Crippen LogP contribution in [-0.4, -0.2) is 28.5 Å². The van der Waals surface area contributed by atoms with Crippen LogP contribution < -0.4 is 19.5 Å². The van der Waals surface area contributed by atoms with Crippen LogP contribution in [0.25, 0.3) is 0 Å². The van der Waals surface area contributed by atoms with Gasteiger partial charge < -0.3 is 14.8 Å². The van der Waals surface area contributed by atoms with Gasteiger partial charge >= 0.3 is 0 Å². The average Bonchev–Trinajstić information content (AvgIpc) is 2.60. The van der Waals surface area contributed by atoms with Crippen LogP contribution in [0.2, 0.25) is 0 Å². The molecule has 2 aromatic carbocycles. The van der Waals surface area contributed by atoms with Crippen molar-refractivity contribution in [1.29, 1.82) is 0 Å². The molecule has 0 bridgehead atoms. The molecule has 0 saturated carbocycles. The van der Waals surface area contributed by atoms with Gasteiger partial charge in [0.15, 0.2) is 11.5 Å². The number of carbonyl (C=O) groups is 1. The Kier molecular flexibility index (Phi) is 4.54. The fraction of sp³-hybridized carbons (Fsp3) is 0.235. The van der Waals surface area contributed by atoms with Crippen molar-refractivity contribution < 1.29 is 22.7 Å². The Balaban J connectivity index is 1.88. The lowest BCUT2D eigenvalue weighted by Gasteiger charge is -2.18. The highest BCUT2D eigenvalue weighted by molar-refractivity contribution is 7.92. The number of rotatable bonds is 5. The number of nitrogens with one attached hydrogen (secondary N) is 2. The molecule has 0 aromatic heterocycles. The minimum atomic E-state index is -3.76. The molecule has 0 atom stereocenters. The summed E-state index contributed by atoms with van der Waals surface area (Å²) in [6, 6.07) is 9.42. The number of amides is 1. The smallest absolute Gasteiger partial charge is 0.261 e. The number of ether oxygens (including phenoxy) is 2. The lowest BCUT2D eigenvalue weighted by atomic mass is 10.0. The molecule has 2 aromatic rings. The van der Waals surface area contributed by atoms with Gasteiger partial charge in [-0.05, 0) is 42.3 Å². The Bertz CT molecular complexity index is 925. The van der Waals surface area contributed by atoms with Crippen molar-refractivity contribution in [2.45, 2.75) is 17.7 Å². The van der Waals surface area contributed by atoms with Crippen molar-refractivity contribution in [3.63, 3.8) is 0 Å².